The van der Waals surface area contributed by atoms with E-state index < -0.39 is 11.6 Å². The summed E-state index contributed by atoms with van der Waals surface area (Å²) in [6.07, 6.45) is -0.143. The van der Waals surface area contributed by atoms with Crippen molar-refractivity contribution < 1.29 is 13.6 Å². The lowest BCUT2D eigenvalue weighted by Gasteiger charge is -2.04. The summed E-state index contributed by atoms with van der Waals surface area (Å²) in [7, 11) is 0. The average Bonchev–Trinajstić information content (AvgIpc) is 2.33. The fraction of sp³-hybridized carbons (Fsp3) is 0.0714. The van der Waals surface area contributed by atoms with Crippen molar-refractivity contribution >= 4 is 17.4 Å². The van der Waals surface area contributed by atoms with Crippen LogP contribution in [-0.4, -0.2) is 5.78 Å². The average molecular weight is 267 g/mol. The summed E-state index contributed by atoms with van der Waals surface area (Å²) in [6.45, 7) is 0. The molecule has 0 unspecified atom stereocenters. The molecular weight excluding hydrogens is 258 g/mol. The van der Waals surface area contributed by atoms with Crippen LogP contribution in [-0.2, 0) is 6.42 Å². The Morgan fingerprint density at radius 1 is 1.11 bits per heavy atom. The number of carbonyl (C=O) groups is 1. The summed E-state index contributed by atoms with van der Waals surface area (Å²) in [5.41, 5.74) is 0.490. The summed E-state index contributed by atoms with van der Waals surface area (Å²) in [4.78, 5) is 11.9. The maximum atomic E-state index is 13.4. The second-order valence-electron chi connectivity index (χ2n) is 3.82. The highest BCUT2D eigenvalue weighted by molar-refractivity contribution is 6.34. The van der Waals surface area contributed by atoms with Crippen LogP contribution in [0.3, 0.4) is 0 Å². The second-order valence-corrected chi connectivity index (χ2v) is 4.22. The first-order valence-electron chi connectivity index (χ1n) is 5.29. The van der Waals surface area contributed by atoms with E-state index in [1.165, 1.54) is 6.07 Å². The second kappa shape index (κ2) is 5.27. The van der Waals surface area contributed by atoms with Gasteiger partial charge in [-0.2, -0.15) is 0 Å². The van der Waals surface area contributed by atoms with Crippen molar-refractivity contribution in [2.24, 2.45) is 0 Å². The van der Waals surface area contributed by atoms with Crippen molar-refractivity contribution in [3.63, 3.8) is 0 Å². The quantitative estimate of drug-likeness (QED) is 0.766. The molecule has 0 bridgehead atoms. The first kappa shape index (κ1) is 12.7. The number of halogens is 3. The fourth-order valence-electron chi connectivity index (χ4n) is 1.62. The summed E-state index contributed by atoms with van der Waals surface area (Å²) < 4.78 is 26.1. The molecule has 18 heavy (non-hydrogen) atoms. The molecule has 0 aliphatic heterocycles. The largest absolute Gasteiger partial charge is 0.294 e. The van der Waals surface area contributed by atoms with E-state index in [9.17, 15) is 13.6 Å². The SMILES string of the molecule is O=C(Cc1ccc(F)cc1F)c1ccccc1Cl. The van der Waals surface area contributed by atoms with Gasteiger partial charge in [0.25, 0.3) is 0 Å². The van der Waals surface area contributed by atoms with Crippen molar-refractivity contribution in [3.05, 3.63) is 70.2 Å². The molecule has 2 aromatic rings. The van der Waals surface area contributed by atoms with Gasteiger partial charge in [-0.25, -0.2) is 8.78 Å². The third kappa shape index (κ3) is 2.74. The molecule has 0 N–H and O–H groups in total. The number of ketones is 1. The molecule has 0 radical (unpaired) electrons. The van der Waals surface area contributed by atoms with Gasteiger partial charge in [0, 0.05) is 18.1 Å². The van der Waals surface area contributed by atoms with E-state index in [0.29, 0.717) is 10.6 Å². The van der Waals surface area contributed by atoms with E-state index >= 15 is 0 Å². The molecule has 0 amide bonds. The number of rotatable bonds is 3. The highest BCUT2D eigenvalue weighted by Gasteiger charge is 2.13. The number of carbonyl (C=O) groups excluding carboxylic acids is 1. The zero-order chi connectivity index (χ0) is 13.1. The van der Waals surface area contributed by atoms with Crippen molar-refractivity contribution in [1.29, 1.82) is 0 Å². The molecule has 2 rings (SSSR count). The monoisotopic (exact) mass is 266 g/mol. The third-order valence-corrected chi connectivity index (χ3v) is 2.87. The molecular formula is C14H9ClF2O. The van der Waals surface area contributed by atoms with E-state index in [4.69, 9.17) is 11.6 Å². The number of hydrogen-bond acceptors (Lipinski definition) is 1. The van der Waals surface area contributed by atoms with Gasteiger partial charge in [0.2, 0.25) is 0 Å². The van der Waals surface area contributed by atoms with Crippen LogP contribution in [0.1, 0.15) is 15.9 Å². The van der Waals surface area contributed by atoms with Crippen LogP contribution in [0.4, 0.5) is 8.78 Å². The van der Waals surface area contributed by atoms with E-state index in [-0.39, 0.29) is 17.8 Å². The summed E-state index contributed by atoms with van der Waals surface area (Å²) in [5, 5.41) is 0.324. The molecule has 1 nitrogen and oxygen atoms in total. The minimum Gasteiger partial charge on any atom is -0.294 e. The van der Waals surface area contributed by atoms with Gasteiger partial charge in [-0.3, -0.25) is 4.79 Å². The third-order valence-electron chi connectivity index (χ3n) is 2.54. The topological polar surface area (TPSA) is 17.1 Å². The Morgan fingerprint density at radius 2 is 1.83 bits per heavy atom. The van der Waals surface area contributed by atoms with Crippen LogP contribution in [0, 0.1) is 11.6 Å². The van der Waals surface area contributed by atoms with Gasteiger partial charge >= 0.3 is 0 Å². The van der Waals surface area contributed by atoms with Crippen molar-refractivity contribution in [3.8, 4) is 0 Å². The molecule has 0 fully saturated rings. The number of benzene rings is 2. The highest BCUT2D eigenvalue weighted by Crippen LogP contribution is 2.18. The van der Waals surface area contributed by atoms with Crippen LogP contribution in [0.25, 0.3) is 0 Å². The fourth-order valence-corrected chi connectivity index (χ4v) is 1.86. The van der Waals surface area contributed by atoms with Crippen LogP contribution < -0.4 is 0 Å². The maximum Gasteiger partial charge on any atom is 0.168 e. The molecule has 0 saturated carbocycles. The van der Waals surface area contributed by atoms with Gasteiger partial charge in [0.15, 0.2) is 5.78 Å². The van der Waals surface area contributed by atoms with Gasteiger partial charge in [-0.1, -0.05) is 29.8 Å². The highest BCUT2D eigenvalue weighted by atomic mass is 35.5. The predicted octanol–water partition coefficient (Wildman–Crippen LogP) is 4.04. The van der Waals surface area contributed by atoms with Crippen molar-refractivity contribution in [2.75, 3.05) is 0 Å². The lowest BCUT2D eigenvalue weighted by Crippen LogP contribution is -2.06. The summed E-state index contributed by atoms with van der Waals surface area (Å²) >= 11 is 5.88. The van der Waals surface area contributed by atoms with Gasteiger partial charge in [0.05, 0.1) is 5.02 Å². The molecule has 0 aliphatic carbocycles. The Balaban J connectivity index is 2.24. The zero-order valence-corrected chi connectivity index (χ0v) is 10.0. The van der Waals surface area contributed by atoms with E-state index in [1.54, 1.807) is 24.3 Å². The molecule has 92 valence electrons. The van der Waals surface area contributed by atoms with Crippen LogP contribution in [0.5, 0.6) is 0 Å². The Bertz CT molecular complexity index is 596. The predicted molar refractivity (Wildman–Crippen MR) is 65.8 cm³/mol. The van der Waals surface area contributed by atoms with E-state index in [2.05, 4.69) is 0 Å². The van der Waals surface area contributed by atoms with Crippen LogP contribution in [0.2, 0.25) is 5.02 Å². The Hall–Kier alpha value is -1.74. The van der Waals surface area contributed by atoms with E-state index in [0.717, 1.165) is 12.1 Å². The molecule has 0 atom stereocenters. The maximum absolute atomic E-state index is 13.4. The van der Waals surface area contributed by atoms with Crippen molar-refractivity contribution in [2.45, 2.75) is 6.42 Å². The van der Waals surface area contributed by atoms with E-state index in [1.807, 2.05) is 0 Å². The molecule has 0 heterocycles. The molecule has 0 aromatic heterocycles. The molecule has 2 aromatic carbocycles. The Labute approximate surface area is 108 Å². The molecule has 4 heteroatoms. The molecule has 0 saturated heterocycles. The summed E-state index contributed by atoms with van der Waals surface area (Å²) in [6, 6.07) is 9.70. The van der Waals surface area contributed by atoms with Gasteiger partial charge in [-0.05, 0) is 23.8 Å². The van der Waals surface area contributed by atoms with Gasteiger partial charge < -0.3 is 0 Å². The van der Waals surface area contributed by atoms with Crippen molar-refractivity contribution in [1.82, 2.24) is 0 Å². The number of Topliss-reactive ketones (excluding diaryl/α,β-unsaturated/α-hetero) is 1. The number of hydrogen-bond donors (Lipinski definition) is 0. The Kier molecular flexibility index (Phi) is 3.72. The van der Waals surface area contributed by atoms with Crippen LogP contribution >= 0.6 is 11.6 Å². The zero-order valence-electron chi connectivity index (χ0n) is 9.29. The van der Waals surface area contributed by atoms with Crippen LogP contribution in [0.15, 0.2) is 42.5 Å². The first-order valence-corrected chi connectivity index (χ1v) is 5.67. The first-order chi connectivity index (χ1) is 8.58. The minimum absolute atomic E-state index is 0.143. The summed E-state index contributed by atoms with van der Waals surface area (Å²) in [5.74, 6) is -1.69. The lowest BCUT2D eigenvalue weighted by molar-refractivity contribution is 0.0992. The van der Waals surface area contributed by atoms with Gasteiger partial charge in [0.1, 0.15) is 11.6 Å². The lowest BCUT2D eigenvalue weighted by atomic mass is 10.0. The standard InChI is InChI=1S/C14H9ClF2O/c15-12-4-2-1-3-11(12)14(18)7-9-5-6-10(16)8-13(9)17/h1-6,8H,7H2. The normalized spacial score (nSPS) is 10.4. The minimum atomic E-state index is -0.726. The van der Waals surface area contributed by atoms with Gasteiger partial charge in [-0.15, -0.1) is 0 Å². The smallest absolute Gasteiger partial charge is 0.168 e. The molecule has 0 aliphatic rings. The Morgan fingerprint density at radius 3 is 2.50 bits per heavy atom. The molecule has 0 spiro atoms.